The first kappa shape index (κ1) is 15.6. The lowest BCUT2D eigenvalue weighted by atomic mass is 10.1. The van der Waals surface area contributed by atoms with E-state index in [1.54, 1.807) is 10.6 Å². The number of thiophene rings is 1. The molecule has 0 spiro atoms. The van der Waals surface area contributed by atoms with Gasteiger partial charge in [0.1, 0.15) is 17.1 Å². The lowest BCUT2D eigenvalue weighted by Gasteiger charge is -2.10. The molecule has 21 heavy (non-hydrogen) atoms. The molecule has 0 saturated carbocycles. The summed E-state index contributed by atoms with van der Waals surface area (Å²) in [7, 11) is 1.34. The number of fused-ring (bicyclic) bond motifs is 1. The summed E-state index contributed by atoms with van der Waals surface area (Å²) in [4.78, 5) is 24.8. The molecule has 0 fully saturated rings. The van der Waals surface area contributed by atoms with E-state index in [1.165, 1.54) is 18.4 Å². The molecule has 2 heterocycles. The Labute approximate surface area is 127 Å². The van der Waals surface area contributed by atoms with Gasteiger partial charge in [0.2, 0.25) is 5.91 Å². The molecule has 1 amide bonds. The molecule has 0 radical (unpaired) electrons. The second-order valence-electron chi connectivity index (χ2n) is 5.32. The van der Waals surface area contributed by atoms with Crippen molar-refractivity contribution in [2.75, 3.05) is 13.7 Å². The van der Waals surface area contributed by atoms with Crippen LogP contribution in [0.15, 0.2) is 17.5 Å². The van der Waals surface area contributed by atoms with E-state index in [-0.39, 0.29) is 12.5 Å². The normalized spacial score (nSPS) is 11.0. The first-order valence-corrected chi connectivity index (χ1v) is 7.82. The molecule has 0 bridgehead atoms. The topological polar surface area (TPSA) is 60.3 Å². The number of hydrogen-bond donors (Lipinski definition) is 1. The highest BCUT2D eigenvalue weighted by Gasteiger charge is 2.18. The molecule has 0 unspecified atom stereocenters. The monoisotopic (exact) mass is 308 g/mol. The second kappa shape index (κ2) is 6.76. The molecule has 0 aliphatic carbocycles. The van der Waals surface area contributed by atoms with E-state index in [0.717, 1.165) is 16.6 Å². The van der Waals surface area contributed by atoms with Crippen LogP contribution in [0.5, 0.6) is 0 Å². The molecule has 0 aromatic carbocycles. The first-order chi connectivity index (χ1) is 10.0. The fraction of sp³-hybridized carbons (Fsp3) is 0.467. The summed E-state index contributed by atoms with van der Waals surface area (Å²) in [6.45, 7) is 5.01. The van der Waals surface area contributed by atoms with Gasteiger partial charge in [0.05, 0.1) is 7.11 Å². The Morgan fingerprint density at radius 3 is 2.86 bits per heavy atom. The van der Waals surface area contributed by atoms with Gasteiger partial charge in [-0.15, -0.1) is 11.3 Å². The van der Waals surface area contributed by atoms with E-state index < -0.39 is 5.97 Å². The summed E-state index contributed by atoms with van der Waals surface area (Å²) in [5, 5.41) is 5.78. The van der Waals surface area contributed by atoms with Crippen LogP contribution in [0.1, 0.15) is 30.8 Å². The number of rotatable bonds is 6. The van der Waals surface area contributed by atoms with Crippen LogP contribution in [-0.2, 0) is 16.1 Å². The van der Waals surface area contributed by atoms with E-state index in [1.807, 2.05) is 11.4 Å². The Bertz CT molecular complexity index is 642. The van der Waals surface area contributed by atoms with Crippen molar-refractivity contribution in [3.63, 3.8) is 0 Å². The Kier molecular flexibility index (Phi) is 5.01. The van der Waals surface area contributed by atoms with Crippen LogP contribution >= 0.6 is 11.3 Å². The van der Waals surface area contributed by atoms with Crippen LogP contribution in [0.2, 0.25) is 0 Å². The van der Waals surface area contributed by atoms with Crippen molar-refractivity contribution in [2.24, 2.45) is 5.92 Å². The van der Waals surface area contributed by atoms with Gasteiger partial charge in [-0.05, 0) is 29.9 Å². The molecule has 5 nitrogen and oxygen atoms in total. The average Bonchev–Trinajstić information content (AvgIpc) is 3.00. The highest BCUT2D eigenvalue weighted by atomic mass is 32.1. The first-order valence-electron chi connectivity index (χ1n) is 6.94. The minimum absolute atomic E-state index is 0.0910. The number of hydrogen-bond acceptors (Lipinski definition) is 4. The molecule has 114 valence electrons. The smallest absolute Gasteiger partial charge is 0.354 e. The zero-order valence-electron chi connectivity index (χ0n) is 12.5. The molecule has 2 aromatic heterocycles. The fourth-order valence-electron chi connectivity index (χ4n) is 2.11. The standard InChI is InChI=1S/C15H20N2O3S/c1-10(2)4-6-16-13(18)9-17-12(15(19)20-3)8-11-5-7-21-14(11)17/h5,7-8,10H,4,6,9H2,1-3H3,(H,16,18). The van der Waals surface area contributed by atoms with Crippen molar-refractivity contribution in [3.05, 3.63) is 23.2 Å². The zero-order chi connectivity index (χ0) is 15.4. The van der Waals surface area contributed by atoms with E-state index in [0.29, 0.717) is 18.2 Å². The number of carbonyl (C=O) groups excluding carboxylic acids is 2. The molecule has 2 aromatic rings. The van der Waals surface area contributed by atoms with Gasteiger partial charge in [-0.3, -0.25) is 4.79 Å². The molecule has 6 heteroatoms. The van der Waals surface area contributed by atoms with E-state index in [2.05, 4.69) is 19.2 Å². The van der Waals surface area contributed by atoms with Gasteiger partial charge >= 0.3 is 5.97 Å². The number of amides is 1. The Morgan fingerprint density at radius 1 is 1.43 bits per heavy atom. The maximum Gasteiger partial charge on any atom is 0.354 e. The fourth-order valence-corrected chi connectivity index (χ4v) is 3.00. The lowest BCUT2D eigenvalue weighted by molar-refractivity contribution is -0.121. The summed E-state index contributed by atoms with van der Waals surface area (Å²) in [6, 6.07) is 3.69. The second-order valence-corrected chi connectivity index (χ2v) is 6.22. The predicted octanol–water partition coefficient (Wildman–Crippen LogP) is 2.65. The van der Waals surface area contributed by atoms with Crippen molar-refractivity contribution in [1.82, 2.24) is 9.88 Å². The van der Waals surface area contributed by atoms with Crippen molar-refractivity contribution < 1.29 is 14.3 Å². The molecule has 0 atom stereocenters. The lowest BCUT2D eigenvalue weighted by Crippen LogP contribution is -2.30. The molecule has 0 aliphatic heterocycles. The maximum absolute atomic E-state index is 12.0. The van der Waals surface area contributed by atoms with Crippen LogP contribution in [0, 0.1) is 5.92 Å². The van der Waals surface area contributed by atoms with Gasteiger partial charge in [0, 0.05) is 11.9 Å². The maximum atomic E-state index is 12.0. The average molecular weight is 308 g/mol. The number of esters is 1. The Balaban J connectivity index is 2.14. The number of aromatic nitrogens is 1. The highest BCUT2D eigenvalue weighted by Crippen LogP contribution is 2.25. The summed E-state index contributed by atoms with van der Waals surface area (Å²) in [6.07, 6.45) is 0.940. The number of carbonyl (C=O) groups is 2. The van der Waals surface area contributed by atoms with E-state index >= 15 is 0 Å². The Hall–Kier alpha value is -1.82. The zero-order valence-corrected chi connectivity index (χ0v) is 13.3. The third-order valence-electron chi connectivity index (χ3n) is 3.24. The number of nitrogens with zero attached hydrogens (tertiary/aromatic N) is 1. The van der Waals surface area contributed by atoms with Crippen LogP contribution in [-0.4, -0.2) is 30.1 Å². The molecule has 2 rings (SSSR count). The summed E-state index contributed by atoms with van der Waals surface area (Å²) in [5.74, 6) is 0.0339. The van der Waals surface area contributed by atoms with Crippen molar-refractivity contribution in [1.29, 1.82) is 0 Å². The minimum atomic E-state index is -0.423. The summed E-state index contributed by atoms with van der Waals surface area (Å²) >= 11 is 1.51. The van der Waals surface area contributed by atoms with E-state index in [4.69, 9.17) is 4.74 Å². The van der Waals surface area contributed by atoms with Gasteiger partial charge in [-0.25, -0.2) is 4.79 Å². The Morgan fingerprint density at radius 2 is 2.19 bits per heavy atom. The summed E-state index contributed by atoms with van der Waals surface area (Å²) < 4.78 is 6.50. The van der Waals surface area contributed by atoms with Crippen LogP contribution < -0.4 is 5.32 Å². The summed E-state index contributed by atoms with van der Waals surface area (Å²) in [5.41, 5.74) is 0.415. The third-order valence-corrected chi connectivity index (χ3v) is 4.19. The van der Waals surface area contributed by atoms with Crippen molar-refractivity contribution in [3.8, 4) is 0 Å². The van der Waals surface area contributed by atoms with Gasteiger partial charge in [0.15, 0.2) is 0 Å². The van der Waals surface area contributed by atoms with Gasteiger partial charge in [0.25, 0.3) is 0 Å². The molecular formula is C15H20N2O3S. The minimum Gasteiger partial charge on any atom is -0.464 e. The largest absolute Gasteiger partial charge is 0.464 e. The van der Waals surface area contributed by atoms with Crippen LogP contribution in [0.4, 0.5) is 0 Å². The SMILES string of the molecule is COC(=O)c1cc2ccsc2n1CC(=O)NCCC(C)C. The van der Waals surface area contributed by atoms with Crippen molar-refractivity contribution >= 4 is 33.4 Å². The van der Waals surface area contributed by atoms with Gasteiger partial charge in [-0.2, -0.15) is 0 Å². The number of methoxy groups -OCH3 is 1. The third kappa shape index (κ3) is 3.64. The van der Waals surface area contributed by atoms with Gasteiger partial charge < -0.3 is 14.6 Å². The predicted molar refractivity (Wildman–Crippen MR) is 83.6 cm³/mol. The number of ether oxygens (including phenoxy) is 1. The molecular weight excluding hydrogens is 288 g/mol. The van der Waals surface area contributed by atoms with Crippen molar-refractivity contribution in [2.45, 2.75) is 26.8 Å². The van der Waals surface area contributed by atoms with Gasteiger partial charge in [-0.1, -0.05) is 13.8 Å². The van der Waals surface area contributed by atoms with Crippen LogP contribution in [0.3, 0.4) is 0 Å². The number of nitrogens with one attached hydrogen (secondary N) is 1. The van der Waals surface area contributed by atoms with Crippen LogP contribution in [0.25, 0.3) is 10.2 Å². The highest BCUT2D eigenvalue weighted by molar-refractivity contribution is 7.16. The molecule has 0 saturated heterocycles. The quantitative estimate of drug-likeness (QED) is 0.835. The molecule has 0 aliphatic rings. The van der Waals surface area contributed by atoms with E-state index in [9.17, 15) is 9.59 Å². The molecule has 1 N–H and O–H groups in total.